The normalized spacial score (nSPS) is 22.1. The van der Waals surface area contributed by atoms with E-state index in [4.69, 9.17) is 24.6 Å². The Labute approximate surface area is 215 Å². The standard InChI is InChI=1S/C21H23FN4O4S.C2HF3O2/c22-18-3-1-2-4-19(18)31(27,28)26-9-10-29-15-21(14-26)8-7-17(30-21)13-25-20-6-5-16(11-23)12-24-20;3-2(4,5)1(6)7/h1-6,12,17H,7-10,13-15H2,(H,24,25);(H,6,7)/t17-,21-;/m1./s1. The van der Waals surface area contributed by atoms with Crippen LogP contribution >= 0.6 is 0 Å². The number of carboxylic acids is 1. The van der Waals surface area contributed by atoms with Crippen LogP contribution in [0.25, 0.3) is 0 Å². The van der Waals surface area contributed by atoms with Gasteiger partial charge < -0.3 is 19.9 Å². The zero-order valence-corrected chi connectivity index (χ0v) is 20.6. The van der Waals surface area contributed by atoms with E-state index < -0.39 is 33.6 Å². The maximum absolute atomic E-state index is 14.2. The number of sulfonamides is 1. The Kier molecular flexibility index (Phi) is 9.26. The number of nitriles is 1. The summed E-state index contributed by atoms with van der Waals surface area (Å²) in [4.78, 5) is 12.7. The van der Waals surface area contributed by atoms with Gasteiger partial charge in [0.05, 0.1) is 24.9 Å². The largest absolute Gasteiger partial charge is 0.490 e. The minimum absolute atomic E-state index is 0.106. The first kappa shape index (κ1) is 29.2. The predicted octanol–water partition coefficient (Wildman–Crippen LogP) is 2.78. The number of rotatable bonds is 5. The average Bonchev–Trinajstić information content (AvgIpc) is 3.14. The summed E-state index contributed by atoms with van der Waals surface area (Å²) in [5, 5.41) is 19.2. The Bertz CT molecular complexity index is 1270. The van der Waals surface area contributed by atoms with E-state index in [1.54, 1.807) is 12.1 Å². The van der Waals surface area contributed by atoms with Crippen molar-refractivity contribution in [1.82, 2.24) is 9.29 Å². The second-order valence-electron chi connectivity index (χ2n) is 8.51. The number of anilines is 1. The van der Waals surface area contributed by atoms with Crippen molar-refractivity contribution in [3.05, 3.63) is 54.0 Å². The number of nitrogens with zero attached hydrogens (tertiary/aromatic N) is 3. The molecule has 1 aromatic carbocycles. The number of halogens is 4. The van der Waals surface area contributed by atoms with Crippen LogP contribution < -0.4 is 5.32 Å². The van der Waals surface area contributed by atoms with E-state index in [1.165, 1.54) is 28.7 Å². The van der Waals surface area contributed by atoms with Crippen molar-refractivity contribution < 1.29 is 45.4 Å². The molecule has 10 nitrogen and oxygen atoms in total. The van der Waals surface area contributed by atoms with Crippen LogP contribution in [0.15, 0.2) is 47.5 Å². The molecule has 1 spiro atoms. The molecular weight excluding hydrogens is 536 g/mol. The summed E-state index contributed by atoms with van der Waals surface area (Å²) in [5.74, 6) is -2.90. The molecule has 2 fully saturated rings. The highest BCUT2D eigenvalue weighted by Crippen LogP contribution is 2.35. The maximum atomic E-state index is 14.2. The van der Waals surface area contributed by atoms with Gasteiger partial charge in [-0.05, 0) is 37.1 Å². The molecule has 2 aliphatic heterocycles. The monoisotopic (exact) mass is 560 g/mol. The molecule has 0 bridgehead atoms. The SMILES string of the molecule is N#Cc1ccc(NC[C@H]2CC[C@@]3(COCCN(S(=O)(=O)c4ccccc4F)C3)O2)nc1.O=C(O)C(F)(F)F. The molecule has 1 aromatic heterocycles. The number of carboxylic acid groups (broad SMARTS) is 1. The van der Waals surface area contributed by atoms with Crippen LogP contribution in [0.5, 0.6) is 0 Å². The molecule has 0 radical (unpaired) electrons. The average molecular weight is 561 g/mol. The zero-order valence-electron chi connectivity index (χ0n) is 19.8. The van der Waals surface area contributed by atoms with Crippen LogP contribution in [-0.4, -0.2) is 79.5 Å². The minimum Gasteiger partial charge on any atom is -0.475 e. The third-order valence-electron chi connectivity index (χ3n) is 5.75. The molecule has 0 aliphatic carbocycles. The molecule has 2 N–H and O–H groups in total. The first-order valence-electron chi connectivity index (χ1n) is 11.3. The van der Waals surface area contributed by atoms with Gasteiger partial charge in [0.2, 0.25) is 10.0 Å². The predicted molar refractivity (Wildman–Crippen MR) is 124 cm³/mol. The van der Waals surface area contributed by atoms with Crippen molar-refractivity contribution in [2.45, 2.75) is 35.6 Å². The van der Waals surface area contributed by atoms with Crippen LogP contribution in [-0.2, 0) is 24.3 Å². The number of hydrogen-bond acceptors (Lipinski definition) is 8. The molecule has 3 heterocycles. The number of pyridine rings is 1. The number of ether oxygens (including phenoxy) is 2. The van der Waals surface area contributed by atoms with Gasteiger partial charge in [0.15, 0.2) is 0 Å². The molecule has 0 saturated carbocycles. The van der Waals surface area contributed by atoms with Crippen LogP contribution in [0.4, 0.5) is 23.4 Å². The van der Waals surface area contributed by atoms with Crippen LogP contribution in [0.3, 0.4) is 0 Å². The number of carbonyl (C=O) groups is 1. The second-order valence-corrected chi connectivity index (χ2v) is 10.4. The molecule has 15 heteroatoms. The number of aliphatic carboxylic acids is 1. The first-order chi connectivity index (χ1) is 17.9. The van der Waals surface area contributed by atoms with Gasteiger partial charge >= 0.3 is 12.1 Å². The minimum atomic E-state index is -5.08. The number of aromatic nitrogens is 1. The quantitative estimate of drug-likeness (QED) is 0.528. The highest BCUT2D eigenvalue weighted by Gasteiger charge is 2.46. The number of nitrogens with one attached hydrogen (secondary N) is 1. The third-order valence-corrected chi connectivity index (χ3v) is 7.63. The zero-order chi connectivity index (χ0) is 28.0. The molecule has 0 unspecified atom stereocenters. The third kappa shape index (κ3) is 7.38. The molecular formula is C23H24F4N4O6S. The molecule has 38 heavy (non-hydrogen) atoms. The number of benzene rings is 1. The fraction of sp³-hybridized carbons (Fsp3) is 0.435. The lowest BCUT2D eigenvalue weighted by molar-refractivity contribution is -0.192. The Hall–Kier alpha value is -3.32. The molecule has 2 saturated heterocycles. The summed E-state index contributed by atoms with van der Waals surface area (Å²) in [7, 11) is -4.01. The second kappa shape index (κ2) is 12.0. The van der Waals surface area contributed by atoms with Crippen LogP contribution in [0.2, 0.25) is 0 Å². The topological polar surface area (TPSA) is 142 Å². The summed E-state index contributed by atoms with van der Waals surface area (Å²) in [6.07, 6.45) is -2.40. The van der Waals surface area contributed by atoms with Crippen molar-refractivity contribution in [3.8, 4) is 6.07 Å². The van der Waals surface area contributed by atoms with Crippen molar-refractivity contribution in [3.63, 3.8) is 0 Å². The first-order valence-corrected chi connectivity index (χ1v) is 12.7. The highest BCUT2D eigenvalue weighted by molar-refractivity contribution is 7.89. The lowest BCUT2D eigenvalue weighted by Crippen LogP contribution is -2.47. The number of alkyl halides is 3. The summed E-state index contributed by atoms with van der Waals surface area (Å²) < 4.78 is 85.3. The van der Waals surface area contributed by atoms with Gasteiger partial charge in [-0.2, -0.15) is 22.7 Å². The van der Waals surface area contributed by atoms with E-state index in [9.17, 15) is 26.0 Å². The Morgan fingerprint density at radius 3 is 2.61 bits per heavy atom. The smallest absolute Gasteiger partial charge is 0.475 e. The van der Waals surface area contributed by atoms with Gasteiger partial charge in [0, 0.05) is 25.8 Å². The van der Waals surface area contributed by atoms with Gasteiger partial charge in [-0.3, -0.25) is 0 Å². The Morgan fingerprint density at radius 1 is 1.29 bits per heavy atom. The van der Waals surface area contributed by atoms with Crippen molar-refractivity contribution in [2.24, 2.45) is 0 Å². The van der Waals surface area contributed by atoms with E-state index in [0.717, 1.165) is 12.5 Å². The van der Waals surface area contributed by atoms with Crippen molar-refractivity contribution in [2.75, 3.05) is 38.2 Å². The fourth-order valence-corrected chi connectivity index (χ4v) is 5.48. The van der Waals surface area contributed by atoms with E-state index >= 15 is 0 Å². The van der Waals surface area contributed by atoms with Gasteiger partial charge in [-0.25, -0.2) is 22.6 Å². The Balaban J connectivity index is 0.000000505. The molecule has 206 valence electrons. The summed E-state index contributed by atoms with van der Waals surface area (Å²) in [5.41, 5.74) is -0.299. The lowest BCUT2D eigenvalue weighted by Gasteiger charge is -2.31. The molecule has 4 rings (SSSR count). The molecule has 2 aliphatic rings. The molecule has 2 aromatic rings. The fourth-order valence-electron chi connectivity index (χ4n) is 3.91. The number of hydrogen-bond donors (Lipinski definition) is 2. The summed E-state index contributed by atoms with van der Waals surface area (Å²) in [6.45, 7) is 1.23. The van der Waals surface area contributed by atoms with Gasteiger partial charge in [0.1, 0.15) is 28.2 Å². The van der Waals surface area contributed by atoms with E-state index in [0.29, 0.717) is 24.3 Å². The van der Waals surface area contributed by atoms with E-state index in [-0.39, 0.29) is 37.3 Å². The van der Waals surface area contributed by atoms with E-state index in [1.807, 2.05) is 6.07 Å². The molecule has 0 amide bonds. The summed E-state index contributed by atoms with van der Waals surface area (Å²) >= 11 is 0. The lowest BCUT2D eigenvalue weighted by atomic mass is 10.0. The van der Waals surface area contributed by atoms with Crippen molar-refractivity contribution >= 4 is 21.8 Å². The van der Waals surface area contributed by atoms with Gasteiger partial charge in [0.25, 0.3) is 0 Å². The van der Waals surface area contributed by atoms with Crippen LogP contribution in [0.1, 0.15) is 18.4 Å². The van der Waals surface area contributed by atoms with Gasteiger partial charge in [-0.15, -0.1) is 0 Å². The van der Waals surface area contributed by atoms with E-state index in [2.05, 4.69) is 10.3 Å². The van der Waals surface area contributed by atoms with Gasteiger partial charge in [-0.1, -0.05) is 12.1 Å². The molecule has 2 atom stereocenters. The summed E-state index contributed by atoms with van der Waals surface area (Å²) in [6, 6.07) is 10.8. The Morgan fingerprint density at radius 2 is 2.00 bits per heavy atom. The van der Waals surface area contributed by atoms with Crippen molar-refractivity contribution in [1.29, 1.82) is 5.26 Å². The van der Waals surface area contributed by atoms with Crippen LogP contribution in [0, 0.1) is 17.1 Å². The maximum Gasteiger partial charge on any atom is 0.490 e. The highest BCUT2D eigenvalue weighted by atomic mass is 32.2.